The van der Waals surface area contributed by atoms with Gasteiger partial charge in [0.25, 0.3) is 5.76 Å². The summed E-state index contributed by atoms with van der Waals surface area (Å²) in [5, 5.41) is 0. The molecule has 3 rings (SSSR count). The van der Waals surface area contributed by atoms with Crippen molar-refractivity contribution in [2.45, 2.75) is 72.9 Å². The standard InChI is InChI=1S/C20H22O7.C18H25NO4/c1-5-24-19(23)17-16(25-11-13-9-7-6-8-10-13)15(21)14(12-26-17)18(22)27-20(2,3)4;1-18(2,3)23-17(21)15(11-19(4)5)16(20)13-22-12-14-9-7-6-8-10-14/h6-10,12H,5,11H2,1-4H3;6-11H,12-13H2,1-5H3/b;15-11+. The molecule has 0 radical (unpaired) electrons. The molecular formula is C38H47NO11. The van der Waals surface area contributed by atoms with Gasteiger partial charge in [-0.1, -0.05) is 60.7 Å². The molecule has 0 spiro atoms. The number of hydrogen-bond donors (Lipinski definition) is 0. The quantitative estimate of drug-likeness (QED) is 0.0689. The molecule has 2 aromatic carbocycles. The van der Waals surface area contributed by atoms with Gasteiger partial charge in [0, 0.05) is 20.3 Å². The van der Waals surface area contributed by atoms with Gasteiger partial charge in [-0.15, -0.1) is 0 Å². The fourth-order valence-electron chi connectivity index (χ4n) is 3.87. The average Bonchev–Trinajstić information content (AvgIpc) is 3.02. The zero-order valence-electron chi connectivity index (χ0n) is 30.2. The van der Waals surface area contributed by atoms with Crippen LogP contribution >= 0.6 is 0 Å². The molecule has 0 saturated heterocycles. The Morgan fingerprint density at radius 1 is 0.780 bits per heavy atom. The van der Waals surface area contributed by atoms with E-state index in [-0.39, 0.29) is 36.7 Å². The first-order valence-electron chi connectivity index (χ1n) is 15.9. The molecule has 0 aliphatic rings. The molecule has 0 atom stereocenters. The fourth-order valence-corrected chi connectivity index (χ4v) is 3.87. The number of carbonyl (C=O) groups is 4. The molecule has 0 fully saturated rings. The lowest BCUT2D eigenvalue weighted by Crippen LogP contribution is -2.29. The summed E-state index contributed by atoms with van der Waals surface area (Å²) in [4.78, 5) is 63.2. The number of rotatable bonds is 13. The summed E-state index contributed by atoms with van der Waals surface area (Å²) in [6.45, 7) is 12.2. The van der Waals surface area contributed by atoms with E-state index >= 15 is 0 Å². The third-order valence-corrected chi connectivity index (χ3v) is 5.91. The summed E-state index contributed by atoms with van der Waals surface area (Å²) in [5.74, 6) is -3.54. The van der Waals surface area contributed by atoms with E-state index in [1.54, 1.807) is 79.6 Å². The van der Waals surface area contributed by atoms with Crippen LogP contribution in [0.5, 0.6) is 5.75 Å². The third-order valence-electron chi connectivity index (χ3n) is 5.91. The summed E-state index contributed by atoms with van der Waals surface area (Å²) in [6.07, 6.45) is 2.35. The van der Waals surface area contributed by atoms with Gasteiger partial charge in [0.15, 0.2) is 5.78 Å². The normalized spacial score (nSPS) is 11.4. The van der Waals surface area contributed by atoms with E-state index in [2.05, 4.69) is 0 Å². The molecule has 0 aliphatic heterocycles. The van der Waals surface area contributed by atoms with Gasteiger partial charge in [-0.2, -0.15) is 0 Å². The molecule has 1 heterocycles. The van der Waals surface area contributed by atoms with E-state index in [0.29, 0.717) is 6.61 Å². The molecule has 12 nitrogen and oxygen atoms in total. The minimum Gasteiger partial charge on any atom is -0.481 e. The van der Waals surface area contributed by atoms with Crippen molar-refractivity contribution in [2.75, 3.05) is 27.3 Å². The first kappa shape index (κ1) is 40.9. The van der Waals surface area contributed by atoms with Crippen molar-refractivity contribution in [1.29, 1.82) is 0 Å². The average molecular weight is 694 g/mol. The van der Waals surface area contributed by atoms with Crippen LogP contribution in [-0.2, 0) is 41.8 Å². The minimum atomic E-state index is -0.865. The summed E-state index contributed by atoms with van der Waals surface area (Å²) >= 11 is 0. The Kier molecular flexibility index (Phi) is 15.6. The van der Waals surface area contributed by atoms with Gasteiger partial charge in [0.05, 0.1) is 13.2 Å². The first-order chi connectivity index (χ1) is 23.4. The van der Waals surface area contributed by atoms with Gasteiger partial charge in [0.2, 0.25) is 11.2 Å². The molecule has 0 amide bonds. The van der Waals surface area contributed by atoms with Crippen LogP contribution in [0.25, 0.3) is 0 Å². The molecule has 3 aromatic rings. The number of esters is 3. The highest BCUT2D eigenvalue weighted by molar-refractivity contribution is 6.17. The van der Waals surface area contributed by atoms with Crippen LogP contribution in [0.3, 0.4) is 0 Å². The maximum Gasteiger partial charge on any atom is 0.378 e. The highest BCUT2D eigenvalue weighted by Crippen LogP contribution is 2.20. The van der Waals surface area contributed by atoms with Crippen molar-refractivity contribution in [1.82, 2.24) is 4.90 Å². The van der Waals surface area contributed by atoms with Crippen LogP contribution in [0.4, 0.5) is 0 Å². The van der Waals surface area contributed by atoms with Crippen LogP contribution < -0.4 is 10.2 Å². The lowest BCUT2D eigenvalue weighted by Gasteiger charge is -2.21. The lowest BCUT2D eigenvalue weighted by atomic mass is 10.1. The topological polar surface area (TPSA) is 148 Å². The van der Waals surface area contributed by atoms with Crippen molar-refractivity contribution in [3.05, 3.63) is 111 Å². The highest BCUT2D eigenvalue weighted by Gasteiger charge is 2.28. The van der Waals surface area contributed by atoms with Crippen molar-refractivity contribution < 1.29 is 47.3 Å². The summed E-state index contributed by atoms with van der Waals surface area (Å²) in [5.41, 5.74) is -0.888. The van der Waals surface area contributed by atoms with E-state index in [1.807, 2.05) is 48.5 Å². The van der Waals surface area contributed by atoms with E-state index in [4.69, 9.17) is 28.1 Å². The smallest absolute Gasteiger partial charge is 0.378 e. The number of Topliss-reactive ketones (excluding diaryl/α,β-unsaturated/α-hetero) is 1. The molecule has 0 unspecified atom stereocenters. The number of hydrogen-bond acceptors (Lipinski definition) is 12. The van der Waals surface area contributed by atoms with Gasteiger partial charge in [-0.25, -0.2) is 14.4 Å². The van der Waals surface area contributed by atoms with Gasteiger partial charge in [0.1, 0.15) is 41.8 Å². The molecule has 270 valence electrons. The zero-order chi connectivity index (χ0) is 37.5. The van der Waals surface area contributed by atoms with Gasteiger partial charge in [-0.05, 0) is 59.6 Å². The van der Waals surface area contributed by atoms with Crippen molar-refractivity contribution in [3.63, 3.8) is 0 Å². The number of carbonyl (C=O) groups excluding carboxylic acids is 4. The second kappa shape index (κ2) is 19.1. The van der Waals surface area contributed by atoms with Crippen LogP contribution in [0.1, 0.15) is 80.5 Å². The predicted molar refractivity (Wildman–Crippen MR) is 186 cm³/mol. The second-order valence-corrected chi connectivity index (χ2v) is 13.0. The van der Waals surface area contributed by atoms with Crippen molar-refractivity contribution in [3.8, 4) is 5.75 Å². The molecule has 50 heavy (non-hydrogen) atoms. The molecule has 0 N–H and O–H groups in total. The molecule has 12 heteroatoms. The molecule has 0 bridgehead atoms. The number of ether oxygens (including phenoxy) is 5. The van der Waals surface area contributed by atoms with Gasteiger partial charge >= 0.3 is 17.9 Å². The third kappa shape index (κ3) is 14.5. The van der Waals surface area contributed by atoms with Gasteiger partial charge in [-0.3, -0.25) is 9.59 Å². The maximum absolute atomic E-state index is 12.8. The number of nitrogens with zero attached hydrogens (tertiary/aromatic N) is 1. The number of benzene rings is 2. The van der Waals surface area contributed by atoms with Crippen LogP contribution in [0, 0.1) is 0 Å². The Morgan fingerprint density at radius 2 is 1.32 bits per heavy atom. The Hall–Kier alpha value is -5.23. The Bertz CT molecular complexity index is 1660. The van der Waals surface area contributed by atoms with Crippen LogP contribution in [0.2, 0.25) is 0 Å². The van der Waals surface area contributed by atoms with Crippen LogP contribution in [0.15, 0.2) is 87.9 Å². The Morgan fingerprint density at radius 3 is 1.82 bits per heavy atom. The molecule has 0 aliphatic carbocycles. The Labute approximate surface area is 292 Å². The highest BCUT2D eigenvalue weighted by atomic mass is 16.6. The predicted octanol–water partition coefficient (Wildman–Crippen LogP) is 5.91. The lowest BCUT2D eigenvalue weighted by molar-refractivity contribution is -0.151. The summed E-state index contributed by atoms with van der Waals surface area (Å²) < 4.78 is 31.5. The Balaban J connectivity index is 0.000000352. The largest absolute Gasteiger partial charge is 0.481 e. The minimum absolute atomic E-state index is 0.00970. The summed E-state index contributed by atoms with van der Waals surface area (Å²) in [7, 11) is 3.48. The molecular weight excluding hydrogens is 646 g/mol. The van der Waals surface area contributed by atoms with E-state index in [0.717, 1.165) is 17.4 Å². The molecule has 0 saturated carbocycles. The van der Waals surface area contributed by atoms with Gasteiger partial charge < -0.3 is 33.0 Å². The molecule has 1 aromatic heterocycles. The second-order valence-electron chi connectivity index (χ2n) is 13.0. The van der Waals surface area contributed by atoms with E-state index < -0.39 is 46.1 Å². The zero-order valence-corrected chi connectivity index (χ0v) is 30.2. The van der Waals surface area contributed by atoms with Crippen LogP contribution in [-0.4, -0.2) is 67.1 Å². The monoisotopic (exact) mass is 693 g/mol. The number of ketones is 1. The first-order valence-corrected chi connectivity index (χ1v) is 15.9. The maximum atomic E-state index is 12.8. The summed E-state index contributed by atoms with van der Waals surface area (Å²) in [6, 6.07) is 18.6. The van der Waals surface area contributed by atoms with E-state index in [9.17, 15) is 24.0 Å². The SMILES string of the molecule is CCOC(=O)c1occ(C(=O)OC(C)(C)C)c(=O)c1OCc1ccccc1.CN(C)/C=C(\C(=O)COCc1ccccc1)C(=O)OC(C)(C)C. The van der Waals surface area contributed by atoms with E-state index in [1.165, 1.54) is 6.20 Å². The van der Waals surface area contributed by atoms with Crippen molar-refractivity contribution >= 4 is 23.7 Å². The fraction of sp³-hybridized carbons (Fsp3) is 0.395. The van der Waals surface area contributed by atoms with Crippen molar-refractivity contribution in [2.24, 2.45) is 0 Å².